The van der Waals surface area contributed by atoms with E-state index in [1.807, 2.05) is 0 Å². The van der Waals surface area contributed by atoms with Crippen molar-refractivity contribution in [2.24, 2.45) is 23.2 Å². The average Bonchev–Trinajstić information content (AvgIpc) is 2.58. The predicted octanol–water partition coefficient (Wildman–Crippen LogP) is 1.00. The minimum absolute atomic E-state index is 0.187. The van der Waals surface area contributed by atoms with Gasteiger partial charge in [-0.05, 0) is 30.2 Å². The molecule has 0 aromatic carbocycles. The fraction of sp³-hybridized carbons (Fsp3) is 0.917. The quantitative estimate of drug-likeness (QED) is 0.730. The van der Waals surface area contributed by atoms with Gasteiger partial charge in [0.2, 0.25) is 5.91 Å². The van der Waals surface area contributed by atoms with E-state index in [0.717, 1.165) is 19.6 Å². The van der Waals surface area contributed by atoms with Crippen LogP contribution in [0.2, 0.25) is 0 Å². The van der Waals surface area contributed by atoms with Gasteiger partial charge >= 0.3 is 0 Å². The summed E-state index contributed by atoms with van der Waals surface area (Å²) in [5, 5.41) is 6.36. The van der Waals surface area contributed by atoms with Crippen molar-refractivity contribution in [1.82, 2.24) is 10.6 Å². The van der Waals surface area contributed by atoms with Gasteiger partial charge in [-0.15, -0.1) is 0 Å². The molecule has 2 N–H and O–H groups in total. The van der Waals surface area contributed by atoms with Crippen molar-refractivity contribution in [2.75, 3.05) is 19.6 Å². The van der Waals surface area contributed by atoms with Gasteiger partial charge in [0, 0.05) is 13.1 Å². The molecule has 1 amide bonds. The zero-order valence-electron chi connectivity index (χ0n) is 9.97. The first-order chi connectivity index (χ1) is 7.00. The molecule has 3 nitrogen and oxygen atoms in total. The lowest BCUT2D eigenvalue weighted by molar-refractivity contribution is -0.125. The molecule has 1 saturated heterocycles. The van der Waals surface area contributed by atoms with Crippen LogP contribution in [-0.4, -0.2) is 25.5 Å². The van der Waals surface area contributed by atoms with Crippen LogP contribution in [0, 0.1) is 23.2 Å². The van der Waals surface area contributed by atoms with Gasteiger partial charge < -0.3 is 10.6 Å². The highest BCUT2D eigenvalue weighted by atomic mass is 16.1. The van der Waals surface area contributed by atoms with Crippen LogP contribution >= 0.6 is 0 Å². The molecule has 3 heteroatoms. The Kier molecular flexibility index (Phi) is 2.75. The second-order valence-corrected chi connectivity index (χ2v) is 5.88. The standard InChI is InChI=1S/C12H22N2O/c1-8-5-13-7-10(8)11(15)14-6-9-4-12(9,2)3/h8-10,13H,4-7H2,1-3H3,(H,14,15)/t8-,9?,10-/m1/s1. The Morgan fingerprint density at radius 2 is 2.13 bits per heavy atom. The summed E-state index contributed by atoms with van der Waals surface area (Å²) < 4.78 is 0. The molecule has 1 saturated carbocycles. The van der Waals surface area contributed by atoms with E-state index in [4.69, 9.17) is 0 Å². The van der Waals surface area contributed by atoms with Gasteiger partial charge in [0.05, 0.1) is 5.92 Å². The van der Waals surface area contributed by atoms with E-state index in [1.165, 1.54) is 6.42 Å². The third-order valence-corrected chi connectivity index (χ3v) is 4.09. The molecule has 0 bridgehead atoms. The van der Waals surface area contributed by atoms with Crippen molar-refractivity contribution in [1.29, 1.82) is 0 Å². The normalized spacial score (nSPS) is 37.7. The van der Waals surface area contributed by atoms with Crippen LogP contribution < -0.4 is 10.6 Å². The maximum absolute atomic E-state index is 11.8. The van der Waals surface area contributed by atoms with Crippen LogP contribution in [0.25, 0.3) is 0 Å². The molecule has 1 unspecified atom stereocenters. The SMILES string of the molecule is C[C@@H]1CNC[C@H]1C(=O)NCC1CC1(C)C. The topological polar surface area (TPSA) is 41.1 Å². The Morgan fingerprint density at radius 1 is 1.47 bits per heavy atom. The summed E-state index contributed by atoms with van der Waals surface area (Å²) in [6.07, 6.45) is 1.26. The summed E-state index contributed by atoms with van der Waals surface area (Å²) in [4.78, 5) is 11.8. The zero-order chi connectivity index (χ0) is 11.1. The van der Waals surface area contributed by atoms with Gasteiger partial charge in [0.1, 0.15) is 0 Å². The molecule has 2 rings (SSSR count). The third-order valence-electron chi connectivity index (χ3n) is 4.09. The van der Waals surface area contributed by atoms with Crippen LogP contribution in [-0.2, 0) is 4.79 Å². The number of amides is 1. The molecular weight excluding hydrogens is 188 g/mol. The second-order valence-electron chi connectivity index (χ2n) is 5.88. The number of nitrogens with one attached hydrogen (secondary N) is 2. The molecule has 0 radical (unpaired) electrons. The molecule has 86 valence electrons. The van der Waals surface area contributed by atoms with E-state index in [-0.39, 0.29) is 11.8 Å². The molecule has 0 spiro atoms. The van der Waals surface area contributed by atoms with Crippen molar-refractivity contribution in [3.05, 3.63) is 0 Å². The van der Waals surface area contributed by atoms with Gasteiger partial charge in [-0.2, -0.15) is 0 Å². The Morgan fingerprint density at radius 3 is 2.60 bits per heavy atom. The highest BCUT2D eigenvalue weighted by molar-refractivity contribution is 5.79. The first kappa shape index (κ1) is 10.9. The Labute approximate surface area is 92.0 Å². The van der Waals surface area contributed by atoms with Gasteiger partial charge in [-0.25, -0.2) is 0 Å². The molecule has 2 aliphatic rings. The molecular formula is C12H22N2O. The summed E-state index contributed by atoms with van der Waals surface area (Å²) in [6.45, 7) is 9.38. The third kappa shape index (κ3) is 2.33. The maximum Gasteiger partial charge on any atom is 0.224 e. The summed E-state index contributed by atoms with van der Waals surface area (Å²) in [5.41, 5.74) is 0.465. The summed E-state index contributed by atoms with van der Waals surface area (Å²) in [5.74, 6) is 1.62. The lowest BCUT2D eigenvalue weighted by Gasteiger charge is -2.14. The van der Waals surface area contributed by atoms with E-state index in [0.29, 0.717) is 17.3 Å². The van der Waals surface area contributed by atoms with Crippen molar-refractivity contribution < 1.29 is 4.79 Å². The number of rotatable bonds is 3. The summed E-state index contributed by atoms with van der Waals surface area (Å²) in [6, 6.07) is 0. The second kappa shape index (κ2) is 3.78. The Balaban J connectivity index is 1.73. The van der Waals surface area contributed by atoms with Crippen LogP contribution in [0.5, 0.6) is 0 Å². The van der Waals surface area contributed by atoms with Crippen LogP contribution in [0.3, 0.4) is 0 Å². The summed E-state index contributed by atoms with van der Waals surface area (Å²) >= 11 is 0. The zero-order valence-corrected chi connectivity index (χ0v) is 9.97. The smallest absolute Gasteiger partial charge is 0.224 e. The molecule has 0 aromatic rings. The van der Waals surface area contributed by atoms with Gasteiger partial charge in [-0.1, -0.05) is 20.8 Å². The van der Waals surface area contributed by atoms with Gasteiger partial charge in [0.25, 0.3) is 0 Å². The van der Waals surface area contributed by atoms with E-state index in [2.05, 4.69) is 31.4 Å². The minimum atomic E-state index is 0.187. The highest BCUT2D eigenvalue weighted by Crippen LogP contribution is 2.50. The summed E-state index contributed by atoms with van der Waals surface area (Å²) in [7, 11) is 0. The number of hydrogen-bond donors (Lipinski definition) is 2. The van der Waals surface area contributed by atoms with E-state index >= 15 is 0 Å². The molecule has 1 aliphatic heterocycles. The van der Waals surface area contributed by atoms with Crippen LogP contribution in [0.1, 0.15) is 27.2 Å². The van der Waals surface area contributed by atoms with Crippen molar-refractivity contribution in [3.63, 3.8) is 0 Å². The molecule has 15 heavy (non-hydrogen) atoms. The van der Waals surface area contributed by atoms with E-state index < -0.39 is 0 Å². The highest BCUT2D eigenvalue weighted by Gasteiger charge is 2.45. The van der Waals surface area contributed by atoms with E-state index in [1.54, 1.807) is 0 Å². The molecule has 1 aliphatic carbocycles. The maximum atomic E-state index is 11.8. The molecule has 3 atom stereocenters. The lowest BCUT2D eigenvalue weighted by Crippen LogP contribution is -2.35. The van der Waals surface area contributed by atoms with Crippen molar-refractivity contribution in [3.8, 4) is 0 Å². The predicted molar refractivity (Wildman–Crippen MR) is 60.4 cm³/mol. The molecule has 0 aromatic heterocycles. The first-order valence-electron chi connectivity index (χ1n) is 5.99. The van der Waals surface area contributed by atoms with Crippen molar-refractivity contribution >= 4 is 5.91 Å². The lowest BCUT2D eigenvalue weighted by atomic mass is 9.97. The Hall–Kier alpha value is -0.570. The van der Waals surface area contributed by atoms with Gasteiger partial charge in [0.15, 0.2) is 0 Å². The monoisotopic (exact) mass is 210 g/mol. The molecule has 2 fully saturated rings. The van der Waals surface area contributed by atoms with Crippen molar-refractivity contribution in [2.45, 2.75) is 27.2 Å². The fourth-order valence-electron chi connectivity index (χ4n) is 2.44. The number of carbonyl (C=O) groups is 1. The largest absolute Gasteiger partial charge is 0.356 e. The first-order valence-corrected chi connectivity index (χ1v) is 5.99. The average molecular weight is 210 g/mol. The van der Waals surface area contributed by atoms with Crippen LogP contribution in [0.4, 0.5) is 0 Å². The minimum Gasteiger partial charge on any atom is -0.356 e. The van der Waals surface area contributed by atoms with Crippen LogP contribution in [0.15, 0.2) is 0 Å². The van der Waals surface area contributed by atoms with E-state index in [9.17, 15) is 4.79 Å². The molecule has 1 heterocycles. The van der Waals surface area contributed by atoms with Gasteiger partial charge in [-0.3, -0.25) is 4.79 Å². The number of carbonyl (C=O) groups excluding carboxylic acids is 1. The Bertz CT molecular complexity index is 262. The fourth-order valence-corrected chi connectivity index (χ4v) is 2.44. The number of hydrogen-bond acceptors (Lipinski definition) is 2.